The van der Waals surface area contributed by atoms with E-state index < -0.39 is 0 Å². The van der Waals surface area contributed by atoms with Crippen LogP contribution in [-0.4, -0.2) is 4.57 Å². The van der Waals surface area contributed by atoms with Crippen molar-refractivity contribution in [2.45, 2.75) is 19.9 Å². The van der Waals surface area contributed by atoms with Gasteiger partial charge in [0.15, 0.2) is 0 Å². The van der Waals surface area contributed by atoms with E-state index >= 15 is 0 Å². The maximum absolute atomic E-state index is 5.90. The Balaban J connectivity index is 2.73. The van der Waals surface area contributed by atoms with E-state index in [2.05, 4.69) is 42.8 Å². The van der Waals surface area contributed by atoms with Crippen LogP contribution in [0, 0.1) is 6.92 Å². The standard InChI is InChI=1S/C12H16N2/c1-8-4-5-11-10(6-8)7-12(9(2)13)14(11)3/h4-7,9H,13H2,1-3H3/t9-/m0/s1. The second-order valence-corrected chi connectivity index (χ2v) is 3.98. The van der Waals surface area contributed by atoms with Crippen LogP contribution in [0.5, 0.6) is 0 Å². The predicted molar refractivity (Wildman–Crippen MR) is 60.3 cm³/mol. The second-order valence-electron chi connectivity index (χ2n) is 3.98. The van der Waals surface area contributed by atoms with Gasteiger partial charge in [-0.05, 0) is 32.0 Å². The van der Waals surface area contributed by atoms with Crippen molar-refractivity contribution in [1.29, 1.82) is 0 Å². The van der Waals surface area contributed by atoms with Crippen LogP contribution in [0.2, 0.25) is 0 Å². The molecule has 0 bridgehead atoms. The number of aromatic nitrogens is 1. The number of fused-ring (bicyclic) bond motifs is 1. The number of hydrogen-bond donors (Lipinski definition) is 1. The summed E-state index contributed by atoms with van der Waals surface area (Å²) >= 11 is 0. The molecule has 0 saturated heterocycles. The van der Waals surface area contributed by atoms with Crippen LogP contribution in [0.25, 0.3) is 10.9 Å². The van der Waals surface area contributed by atoms with Crippen LogP contribution in [0.3, 0.4) is 0 Å². The lowest BCUT2D eigenvalue weighted by atomic mass is 10.2. The van der Waals surface area contributed by atoms with Gasteiger partial charge < -0.3 is 10.3 Å². The highest BCUT2D eigenvalue weighted by Gasteiger charge is 2.08. The topological polar surface area (TPSA) is 30.9 Å². The van der Waals surface area contributed by atoms with Crippen molar-refractivity contribution in [3.8, 4) is 0 Å². The van der Waals surface area contributed by atoms with Crippen LogP contribution in [-0.2, 0) is 7.05 Å². The van der Waals surface area contributed by atoms with Crippen molar-refractivity contribution < 1.29 is 0 Å². The number of rotatable bonds is 1. The van der Waals surface area contributed by atoms with Gasteiger partial charge in [-0.25, -0.2) is 0 Å². The molecule has 1 atom stereocenters. The maximum atomic E-state index is 5.90. The molecule has 2 heteroatoms. The van der Waals surface area contributed by atoms with E-state index in [9.17, 15) is 0 Å². The van der Waals surface area contributed by atoms with Gasteiger partial charge in [0, 0.05) is 29.7 Å². The first kappa shape index (κ1) is 9.28. The summed E-state index contributed by atoms with van der Waals surface area (Å²) in [5.74, 6) is 0. The van der Waals surface area contributed by atoms with Crippen LogP contribution >= 0.6 is 0 Å². The quantitative estimate of drug-likeness (QED) is 0.732. The molecule has 0 spiro atoms. The summed E-state index contributed by atoms with van der Waals surface area (Å²) in [5.41, 5.74) is 9.63. The lowest BCUT2D eigenvalue weighted by molar-refractivity contribution is 0.726. The minimum atomic E-state index is 0.0905. The molecule has 0 radical (unpaired) electrons. The van der Waals surface area contributed by atoms with E-state index in [0.29, 0.717) is 0 Å². The van der Waals surface area contributed by atoms with Gasteiger partial charge in [0.05, 0.1) is 0 Å². The Morgan fingerprint density at radius 3 is 2.64 bits per heavy atom. The van der Waals surface area contributed by atoms with Gasteiger partial charge in [-0.2, -0.15) is 0 Å². The van der Waals surface area contributed by atoms with E-state index in [4.69, 9.17) is 5.73 Å². The number of nitrogens with zero attached hydrogens (tertiary/aromatic N) is 1. The molecular formula is C12H16N2. The molecule has 2 rings (SSSR count). The van der Waals surface area contributed by atoms with Gasteiger partial charge >= 0.3 is 0 Å². The van der Waals surface area contributed by atoms with Gasteiger partial charge in [0.2, 0.25) is 0 Å². The minimum absolute atomic E-state index is 0.0905. The Morgan fingerprint density at radius 2 is 2.00 bits per heavy atom. The molecule has 0 aliphatic carbocycles. The summed E-state index contributed by atoms with van der Waals surface area (Å²) in [6.07, 6.45) is 0. The fraction of sp³-hybridized carbons (Fsp3) is 0.333. The summed E-state index contributed by atoms with van der Waals surface area (Å²) in [5, 5.41) is 1.28. The molecule has 0 saturated carbocycles. The Kier molecular flexibility index (Phi) is 2.08. The molecule has 74 valence electrons. The van der Waals surface area contributed by atoms with Crippen LogP contribution < -0.4 is 5.73 Å². The van der Waals surface area contributed by atoms with Crippen molar-refractivity contribution in [3.05, 3.63) is 35.5 Å². The second kappa shape index (κ2) is 3.14. The van der Waals surface area contributed by atoms with E-state index in [1.54, 1.807) is 0 Å². The fourth-order valence-corrected chi connectivity index (χ4v) is 1.93. The summed E-state index contributed by atoms with van der Waals surface area (Å²) in [4.78, 5) is 0. The van der Waals surface area contributed by atoms with E-state index in [0.717, 1.165) is 0 Å². The van der Waals surface area contributed by atoms with Crippen molar-refractivity contribution in [2.24, 2.45) is 12.8 Å². The smallest absolute Gasteiger partial charge is 0.0480 e. The molecule has 0 aliphatic rings. The van der Waals surface area contributed by atoms with Crippen molar-refractivity contribution in [2.75, 3.05) is 0 Å². The molecule has 0 amide bonds. The monoisotopic (exact) mass is 188 g/mol. The predicted octanol–water partition coefficient (Wildman–Crippen LogP) is 2.51. The number of hydrogen-bond acceptors (Lipinski definition) is 1. The molecule has 1 aromatic heterocycles. The molecular weight excluding hydrogens is 172 g/mol. The fourth-order valence-electron chi connectivity index (χ4n) is 1.93. The Morgan fingerprint density at radius 1 is 1.29 bits per heavy atom. The zero-order valence-corrected chi connectivity index (χ0v) is 8.91. The molecule has 0 unspecified atom stereocenters. The van der Waals surface area contributed by atoms with Crippen LogP contribution in [0.1, 0.15) is 24.2 Å². The first-order valence-electron chi connectivity index (χ1n) is 4.91. The van der Waals surface area contributed by atoms with Crippen molar-refractivity contribution in [1.82, 2.24) is 4.57 Å². The van der Waals surface area contributed by atoms with E-state index in [-0.39, 0.29) is 6.04 Å². The van der Waals surface area contributed by atoms with E-state index in [1.165, 1.54) is 22.2 Å². The molecule has 1 heterocycles. The molecule has 1 aromatic carbocycles. The molecule has 14 heavy (non-hydrogen) atoms. The highest BCUT2D eigenvalue weighted by atomic mass is 15.0. The molecule has 2 aromatic rings. The number of nitrogens with two attached hydrogens (primary N) is 1. The molecule has 0 aliphatic heterocycles. The number of benzene rings is 1. The zero-order chi connectivity index (χ0) is 10.3. The van der Waals surface area contributed by atoms with Crippen molar-refractivity contribution >= 4 is 10.9 Å². The molecule has 2 N–H and O–H groups in total. The highest BCUT2D eigenvalue weighted by molar-refractivity contribution is 5.82. The lowest BCUT2D eigenvalue weighted by Crippen LogP contribution is -2.09. The normalized spacial score (nSPS) is 13.4. The third-order valence-electron chi connectivity index (χ3n) is 2.70. The van der Waals surface area contributed by atoms with Gasteiger partial charge in [-0.3, -0.25) is 0 Å². The molecule has 2 nitrogen and oxygen atoms in total. The summed E-state index contributed by atoms with van der Waals surface area (Å²) in [6, 6.07) is 8.74. The van der Waals surface area contributed by atoms with E-state index in [1.807, 2.05) is 6.92 Å². The zero-order valence-electron chi connectivity index (χ0n) is 8.91. The Hall–Kier alpha value is -1.28. The lowest BCUT2D eigenvalue weighted by Gasteiger charge is -2.06. The average Bonchev–Trinajstić information content (AvgIpc) is 2.43. The molecule has 0 fully saturated rings. The maximum Gasteiger partial charge on any atom is 0.0480 e. The van der Waals surface area contributed by atoms with Gasteiger partial charge in [-0.15, -0.1) is 0 Å². The van der Waals surface area contributed by atoms with Gasteiger partial charge in [-0.1, -0.05) is 11.6 Å². The van der Waals surface area contributed by atoms with Crippen LogP contribution in [0.4, 0.5) is 0 Å². The minimum Gasteiger partial charge on any atom is -0.346 e. The summed E-state index contributed by atoms with van der Waals surface area (Å²) in [7, 11) is 2.07. The summed E-state index contributed by atoms with van der Waals surface area (Å²) in [6.45, 7) is 4.12. The average molecular weight is 188 g/mol. The highest BCUT2D eigenvalue weighted by Crippen LogP contribution is 2.22. The third-order valence-corrected chi connectivity index (χ3v) is 2.70. The van der Waals surface area contributed by atoms with Gasteiger partial charge in [0.1, 0.15) is 0 Å². The van der Waals surface area contributed by atoms with Crippen LogP contribution in [0.15, 0.2) is 24.3 Å². The summed E-state index contributed by atoms with van der Waals surface area (Å²) < 4.78 is 2.17. The van der Waals surface area contributed by atoms with Crippen molar-refractivity contribution in [3.63, 3.8) is 0 Å². The Bertz CT molecular complexity index is 466. The Labute approximate surface area is 84.3 Å². The van der Waals surface area contributed by atoms with Gasteiger partial charge in [0.25, 0.3) is 0 Å². The SMILES string of the molecule is Cc1ccc2c(c1)cc([C@H](C)N)n2C. The number of aryl methyl sites for hydroxylation is 2. The first-order chi connectivity index (χ1) is 6.59. The largest absolute Gasteiger partial charge is 0.346 e. The third kappa shape index (κ3) is 1.32. The first-order valence-corrected chi connectivity index (χ1v) is 4.91.